The second-order valence-electron chi connectivity index (χ2n) is 8.70. The van der Waals surface area contributed by atoms with Crippen molar-refractivity contribution >= 4 is 18.0 Å². The van der Waals surface area contributed by atoms with Gasteiger partial charge in [-0.15, -0.1) is 0 Å². The highest BCUT2D eigenvalue weighted by Crippen LogP contribution is 2.44. The van der Waals surface area contributed by atoms with Crippen molar-refractivity contribution in [2.24, 2.45) is 0 Å². The Morgan fingerprint density at radius 1 is 1.09 bits per heavy atom. The topological polar surface area (TPSA) is 114 Å². The van der Waals surface area contributed by atoms with Crippen LogP contribution in [0.3, 0.4) is 0 Å². The van der Waals surface area contributed by atoms with Crippen molar-refractivity contribution in [3.05, 3.63) is 59.7 Å². The van der Waals surface area contributed by atoms with E-state index in [0.717, 1.165) is 35.1 Å². The van der Waals surface area contributed by atoms with Gasteiger partial charge >= 0.3 is 12.1 Å². The summed E-state index contributed by atoms with van der Waals surface area (Å²) in [4.78, 5) is 36.9. The summed E-state index contributed by atoms with van der Waals surface area (Å²) in [6.45, 7) is 2.41. The fourth-order valence-electron chi connectivity index (χ4n) is 4.72. The molecule has 0 unspecified atom stereocenters. The molecule has 8 nitrogen and oxygen atoms in total. The lowest BCUT2D eigenvalue weighted by molar-refractivity contribution is -0.148. The summed E-state index contributed by atoms with van der Waals surface area (Å²) in [5.74, 6) is -1.62. The molecule has 180 valence electrons. The Kier molecular flexibility index (Phi) is 7.47. The first-order chi connectivity index (χ1) is 16.5. The molecule has 1 aliphatic heterocycles. The first-order valence-electron chi connectivity index (χ1n) is 11.8. The minimum Gasteiger partial charge on any atom is -0.479 e. The number of unbranched alkanes of at least 4 members (excludes halogenated alkanes) is 1. The van der Waals surface area contributed by atoms with E-state index in [1.807, 2.05) is 43.3 Å². The van der Waals surface area contributed by atoms with E-state index in [1.165, 1.54) is 0 Å². The van der Waals surface area contributed by atoms with Gasteiger partial charge in [-0.1, -0.05) is 68.3 Å². The van der Waals surface area contributed by atoms with Crippen molar-refractivity contribution in [2.75, 3.05) is 13.2 Å². The third-order valence-electron chi connectivity index (χ3n) is 6.46. The quantitative estimate of drug-likeness (QED) is 0.522. The van der Waals surface area contributed by atoms with Crippen molar-refractivity contribution < 1.29 is 29.0 Å². The van der Waals surface area contributed by atoms with Gasteiger partial charge in [-0.2, -0.15) is 0 Å². The van der Waals surface area contributed by atoms with Gasteiger partial charge in [-0.3, -0.25) is 4.79 Å². The molecule has 1 heterocycles. The average molecular weight is 467 g/mol. The summed E-state index contributed by atoms with van der Waals surface area (Å²) in [6, 6.07) is 14.7. The number of hydrogen-bond acceptors (Lipinski definition) is 5. The van der Waals surface area contributed by atoms with Crippen molar-refractivity contribution in [3.63, 3.8) is 0 Å². The molecule has 3 atom stereocenters. The number of carbonyl (C=O) groups is 3. The lowest BCUT2D eigenvalue weighted by Gasteiger charge is -2.22. The number of amides is 2. The Balaban J connectivity index is 1.39. The Bertz CT molecular complexity index is 1010. The van der Waals surface area contributed by atoms with E-state index in [2.05, 4.69) is 22.8 Å². The predicted molar refractivity (Wildman–Crippen MR) is 125 cm³/mol. The highest BCUT2D eigenvalue weighted by atomic mass is 16.5. The van der Waals surface area contributed by atoms with E-state index >= 15 is 0 Å². The second-order valence-corrected chi connectivity index (χ2v) is 8.70. The maximum absolute atomic E-state index is 12.9. The van der Waals surface area contributed by atoms with Gasteiger partial charge in [0, 0.05) is 12.5 Å². The van der Waals surface area contributed by atoms with Gasteiger partial charge in [-0.05, 0) is 35.1 Å². The molecule has 2 aromatic rings. The number of rotatable bonds is 9. The summed E-state index contributed by atoms with van der Waals surface area (Å²) in [7, 11) is 0. The van der Waals surface area contributed by atoms with E-state index in [4.69, 9.17) is 9.47 Å². The fraction of sp³-hybridized carbons (Fsp3) is 0.423. The van der Waals surface area contributed by atoms with Crippen LogP contribution >= 0.6 is 0 Å². The summed E-state index contributed by atoms with van der Waals surface area (Å²) >= 11 is 0. The Labute approximate surface area is 198 Å². The summed E-state index contributed by atoms with van der Waals surface area (Å²) in [5, 5.41) is 14.7. The smallest absolute Gasteiger partial charge is 0.407 e. The third-order valence-corrected chi connectivity index (χ3v) is 6.46. The maximum Gasteiger partial charge on any atom is 0.407 e. The van der Waals surface area contributed by atoms with Gasteiger partial charge < -0.3 is 25.2 Å². The van der Waals surface area contributed by atoms with E-state index < -0.39 is 36.2 Å². The monoisotopic (exact) mass is 466 g/mol. The molecular formula is C26H30N2O6. The Morgan fingerprint density at radius 2 is 1.74 bits per heavy atom. The van der Waals surface area contributed by atoms with Crippen LogP contribution in [0.4, 0.5) is 4.79 Å². The normalized spacial score (nSPS) is 19.7. The van der Waals surface area contributed by atoms with Crippen molar-refractivity contribution in [1.29, 1.82) is 0 Å². The van der Waals surface area contributed by atoms with Crippen LogP contribution in [-0.4, -0.2) is 54.5 Å². The number of ether oxygens (including phenoxy) is 2. The van der Waals surface area contributed by atoms with Crippen molar-refractivity contribution in [3.8, 4) is 11.1 Å². The summed E-state index contributed by atoms with van der Waals surface area (Å²) < 4.78 is 10.8. The average Bonchev–Trinajstić information content (AvgIpc) is 3.43. The Morgan fingerprint density at radius 3 is 2.35 bits per heavy atom. The zero-order valence-corrected chi connectivity index (χ0v) is 19.2. The van der Waals surface area contributed by atoms with Gasteiger partial charge in [0.15, 0.2) is 6.10 Å². The minimum absolute atomic E-state index is 0.0759. The molecule has 34 heavy (non-hydrogen) atoms. The zero-order chi connectivity index (χ0) is 24.1. The summed E-state index contributed by atoms with van der Waals surface area (Å²) in [5.41, 5.74) is 4.49. The standard InChI is InChI=1S/C26H30N2O6/c1-2-3-12-22(24(29)27-21-13-14-33-23(21)25(30)31)28-26(32)34-15-20-18-10-6-4-8-16(18)17-9-5-7-11-19(17)20/h4-11,20-23H,2-3,12-15H2,1H3,(H,27,29)(H,28,32)(H,30,31)/t21-,22+,23+/m1/s1. The molecule has 0 spiro atoms. The van der Waals surface area contributed by atoms with Gasteiger partial charge in [0.1, 0.15) is 12.6 Å². The van der Waals surface area contributed by atoms with Crippen LogP contribution in [-0.2, 0) is 19.1 Å². The molecular weight excluding hydrogens is 436 g/mol. The van der Waals surface area contributed by atoms with Gasteiger partial charge in [0.25, 0.3) is 0 Å². The van der Waals surface area contributed by atoms with Crippen LogP contribution < -0.4 is 10.6 Å². The molecule has 0 saturated carbocycles. The molecule has 0 radical (unpaired) electrons. The molecule has 3 N–H and O–H groups in total. The Hall–Kier alpha value is -3.39. The first-order valence-corrected chi connectivity index (χ1v) is 11.8. The van der Waals surface area contributed by atoms with E-state index in [-0.39, 0.29) is 19.1 Å². The van der Waals surface area contributed by atoms with Crippen molar-refractivity contribution in [2.45, 2.75) is 56.7 Å². The molecule has 8 heteroatoms. The van der Waals surface area contributed by atoms with E-state index in [1.54, 1.807) is 0 Å². The van der Waals surface area contributed by atoms with Crippen LogP contribution in [0, 0.1) is 0 Å². The molecule has 0 bridgehead atoms. The lowest BCUT2D eigenvalue weighted by atomic mass is 9.98. The number of carboxylic acid groups (broad SMARTS) is 1. The van der Waals surface area contributed by atoms with E-state index in [0.29, 0.717) is 12.8 Å². The number of hydrogen-bond donors (Lipinski definition) is 3. The lowest BCUT2D eigenvalue weighted by Crippen LogP contribution is -2.52. The molecule has 1 fully saturated rings. The van der Waals surface area contributed by atoms with Gasteiger partial charge in [0.2, 0.25) is 5.91 Å². The van der Waals surface area contributed by atoms with Gasteiger partial charge in [0.05, 0.1) is 6.04 Å². The molecule has 2 aliphatic rings. The maximum atomic E-state index is 12.9. The first kappa shape index (κ1) is 23.8. The predicted octanol–water partition coefficient (Wildman–Crippen LogP) is 3.44. The van der Waals surface area contributed by atoms with Crippen LogP contribution in [0.25, 0.3) is 11.1 Å². The van der Waals surface area contributed by atoms with Gasteiger partial charge in [-0.25, -0.2) is 9.59 Å². The highest BCUT2D eigenvalue weighted by Gasteiger charge is 2.37. The minimum atomic E-state index is -1.11. The largest absolute Gasteiger partial charge is 0.479 e. The molecule has 0 aromatic heterocycles. The number of alkyl carbamates (subject to hydrolysis) is 1. The second kappa shape index (κ2) is 10.7. The van der Waals surface area contributed by atoms with E-state index in [9.17, 15) is 19.5 Å². The van der Waals surface area contributed by atoms with Crippen LogP contribution in [0.2, 0.25) is 0 Å². The molecule has 2 amide bonds. The highest BCUT2D eigenvalue weighted by molar-refractivity contribution is 5.87. The molecule has 1 aliphatic carbocycles. The number of carboxylic acids is 1. The van der Waals surface area contributed by atoms with Crippen molar-refractivity contribution in [1.82, 2.24) is 10.6 Å². The molecule has 4 rings (SSSR count). The van der Waals surface area contributed by atoms with Crippen LogP contribution in [0.1, 0.15) is 49.7 Å². The fourth-order valence-corrected chi connectivity index (χ4v) is 4.72. The van der Waals surface area contributed by atoms with Crippen LogP contribution in [0.15, 0.2) is 48.5 Å². The molecule has 1 saturated heterocycles. The van der Waals surface area contributed by atoms with Crippen LogP contribution in [0.5, 0.6) is 0 Å². The number of nitrogens with one attached hydrogen (secondary N) is 2. The number of carbonyl (C=O) groups excluding carboxylic acids is 2. The summed E-state index contributed by atoms with van der Waals surface area (Å²) in [6.07, 6.45) is 0.665. The number of aliphatic carboxylic acids is 1. The number of fused-ring (bicyclic) bond motifs is 3. The molecule has 2 aromatic carbocycles. The SMILES string of the molecule is CCCC[C@H](NC(=O)OCC1c2ccccc2-c2ccccc21)C(=O)N[C@@H]1CCO[C@@H]1C(=O)O. The number of benzene rings is 2. The zero-order valence-electron chi connectivity index (χ0n) is 19.2. The third kappa shape index (κ3) is 5.07.